The lowest BCUT2D eigenvalue weighted by Gasteiger charge is -2.18. The van der Waals surface area contributed by atoms with Crippen LogP contribution in [0, 0.1) is 12.8 Å². The maximum atomic E-state index is 12.6. The molecule has 118 valence electrons. The Hall–Kier alpha value is -2.56. The van der Waals surface area contributed by atoms with Crippen LogP contribution in [0.1, 0.15) is 24.0 Å². The number of amides is 1. The van der Waals surface area contributed by atoms with E-state index in [1.54, 1.807) is 6.20 Å². The van der Waals surface area contributed by atoms with Crippen molar-refractivity contribution < 1.29 is 9.53 Å². The maximum Gasteiger partial charge on any atom is 0.256 e. The van der Waals surface area contributed by atoms with Crippen LogP contribution < -0.4 is 10.1 Å². The van der Waals surface area contributed by atoms with Gasteiger partial charge in [-0.15, -0.1) is 0 Å². The molecule has 1 aromatic carbocycles. The van der Waals surface area contributed by atoms with Gasteiger partial charge in [0.15, 0.2) is 0 Å². The van der Waals surface area contributed by atoms with Crippen molar-refractivity contribution in [2.24, 2.45) is 5.92 Å². The van der Waals surface area contributed by atoms with Crippen molar-refractivity contribution in [1.29, 1.82) is 0 Å². The topological polar surface area (TPSA) is 56.2 Å². The molecular formula is C18H19N3O2. The predicted octanol–water partition coefficient (Wildman–Crippen LogP) is 3.02. The minimum absolute atomic E-state index is 0.125. The van der Waals surface area contributed by atoms with Crippen LogP contribution in [0.5, 0.6) is 5.75 Å². The summed E-state index contributed by atoms with van der Waals surface area (Å²) in [5.41, 5.74) is 2.55. The van der Waals surface area contributed by atoms with E-state index in [2.05, 4.69) is 10.4 Å². The molecule has 2 heterocycles. The van der Waals surface area contributed by atoms with Gasteiger partial charge in [0.2, 0.25) is 0 Å². The number of hydrogen-bond donors (Lipinski definition) is 1. The van der Waals surface area contributed by atoms with Crippen molar-refractivity contribution >= 4 is 17.8 Å². The van der Waals surface area contributed by atoms with Gasteiger partial charge in [0.05, 0.1) is 11.8 Å². The molecule has 0 saturated heterocycles. The van der Waals surface area contributed by atoms with Crippen molar-refractivity contribution in [1.82, 2.24) is 9.78 Å². The van der Waals surface area contributed by atoms with E-state index in [0.717, 1.165) is 29.2 Å². The Morgan fingerprint density at radius 1 is 1.39 bits per heavy atom. The minimum atomic E-state index is -0.125. The zero-order valence-corrected chi connectivity index (χ0v) is 13.1. The fraction of sp³-hybridized carbons (Fsp3) is 0.333. The van der Waals surface area contributed by atoms with E-state index in [9.17, 15) is 4.79 Å². The third-order valence-electron chi connectivity index (χ3n) is 4.31. The van der Waals surface area contributed by atoms with Crippen LogP contribution in [0.15, 0.2) is 36.0 Å². The summed E-state index contributed by atoms with van der Waals surface area (Å²) in [7, 11) is 0. The molecule has 2 aromatic rings. The number of para-hydroxylation sites is 1. The van der Waals surface area contributed by atoms with Crippen LogP contribution in [0.25, 0.3) is 6.08 Å². The summed E-state index contributed by atoms with van der Waals surface area (Å²) in [6.45, 7) is 3.13. The summed E-state index contributed by atoms with van der Waals surface area (Å²) >= 11 is 0. The molecule has 1 aliphatic heterocycles. The Kier molecular flexibility index (Phi) is 3.41. The molecule has 5 nitrogen and oxygen atoms in total. The van der Waals surface area contributed by atoms with Crippen molar-refractivity contribution in [3.8, 4) is 5.75 Å². The average Bonchev–Trinajstić information content (AvgIpc) is 3.33. The van der Waals surface area contributed by atoms with Gasteiger partial charge in [-0.2, -0.15) is 5.10 Å². The first-order valence-corrected chi connectivity index (χ1v) is 7.97. The van der Waals surface area contributed by atoms with Gasteiger partial charge < -0.3 is 10.1 Å². The summed E-state index contributed by atoms with van der Waals surface area (Å²) in [4.78, 5) is 12.6. The minimum Gasteiger partial charge on any atom is -0.488 e. The summed E-state index contributed by atoms with van der Waals surface area (Å²) in [5.74, 6) is 2.19. The Morgan fingerprint density at radius 2 is 2.22 bits per heavy atom. The summed E-state index contributed by atoms with van der Waals surface area (Å²) in [6, 6.07) is 7.73. The predicted molar refractivity (Wildman–Crippen MR) is 88.2 cm³/mol. The number of rotatable bonds is 4. The van der Waals surface area contributed by atoms with E-state index in [1.165, 1.54) is 12.8 Å². The molecule has 0 bridgehead atoms. The quantitative estimate of drug-likeness (QED) is 0.944. The van der Waals surface area contributed by atoms with Gasteiger partial charge in [-0.05, 0) is 37.8 Å². The largest absolute Gasteiger partial charge is 0.488 e. The van der Waals surface area contributed by atoms with Crippen LogP contribution in [-0.2, 0) is 11.3 Å². The molecule has 0 radical (unpaired) electrons. The molecule has 1 aliphatic carbocycles. The monoisotopic (exact) mass is 309 g/mol. The second kappa shape index (κ2) is 5.57. The number of aryl methyl sites for hydroxylation is 1. The summed E-state index contributed by atoms with van der Waals surface area (Å²) in [5, 5.41) is 7.39. The molecule has 1 N–H and O–H groups in total. The number of anilines is 1. The van der Waals surface area contributed by atoms with Gasteiger partial charge in [0, 0.05) is 17.7 Å². The van der Waals surface area contributed by atoms with Gasteiger partial charge in [-0.3, -0.25) is 4.79 Å². The Balaban J connectivity index is 1.54. The molecule has 0 atom stereocenters. The molecule has 5 heteroatoms. The molecule has 23 heavy (non-hydrogen) atoms. The van der Waals surface area contributed by atoms with E-state index < -0.39 is 0 Å². The van der Waals surface area contributed by atoms with Crippen LogP contribution in [-0.4, -0.2) is 22.3 Å². The van der Waals surface area contributed by atoms with Gasteiger partial charge in [0.1, 0.15) is 18.2 Å². The summed E-state index contributed by atoms with van der Waals surface area (Å²) in [6.07, 6.45) is 6.20. The van der Waals surface area contributed by atoms with Crippen molar-refractivity contribution in [3.63, 3.8) is 0 Å². The first kappa shape index (κ1) is 14.1. The number of nitrogens with one attached hydrogen (secondary N) is 1. The first-order chi connectivity index (χ1) is 11.2. The third kappa shape index (κ3) is 2.86. The number of benzene rings is 1. The molecular weight excluding hydrogens is 290 g/mol. The van der Waals surface area contributed by atoms with Crippen LogP contribution >= 0.6 is 0 Å². The van der Waals surface area contributed by atoms with Gasteiger partial charge in [-0.25, -0.2) is 4.68 Å². The molecule has 1 amide bonds. The van der Waals surface area contributed by atoms with Crippen molar-refractivity contribution in [3.05, 3.63) is 47.2 Å². The van der Waals surface area contributed by atoms with Crippen LogP contribution in [0.3, 0.4) is 0 Å². The molecule has 4 rings (SSSR count). The number of carbonyl (C=O) groups is 1. The van der Waals surface area contributed by atoms with Crippen molar-refractivity contribution in [2.75, 3.05) is 11.9 Å². The van der Waals surface area contributed by atoms with Gasteiger partial charge in [0.25, 0.3) is 5.91 Å². The lowest BCUT2D eigenvalue weighted by atomic mass is 10.1. The van der Waals surface area contributed by atoms with Crippen LogP contribution in [0.2, 0.25) is 0 Å². The van der Waals surface area contributed by atoms with E-state index in [-0.39, 0.29) is 5.91 Å². The summed E-state index contributed by atoms with van der Waals surface area (Å²) < 4.78 is 7.57. The highest BCUT2D eigenvalue weighted by Crippen LogP contribution is 2.32. The second-order valence-electron chi connectivity index (χ2n) is 6.25. The Labute approximate surface area is 135 Å². The maximum absolute atomic E-state index is 12.6. The fourth-order valence-corrected chi connectivity index (χ4v) is 2.76. The molecule has 1 saturated carbocycles. The highest BCUT2D eigenvalue weighted by atomic mass is 16.5. The molecule has 0 unspecified atom stereocenters. The highest BCUT2D eigenvalue weighted by Gasteiger charge is 2.25. The van der Waals surface area contributed by atoms with E-state index in [0.29, 0.717) is 18.1 Å². The number of hydrogen-bond acceptors (Lipinski definition) is 3. The smallest absolute Gasteiger partial charge is 0.256 e. The normalized spacial score (nSPS) is 16.3. The molecule has 1 aromatic heterocycles. The molecule has 0 spiro atoms. The van der Waals surface area contributed by atoms with E-state index in [4.69, 9.17) is 4.74 Å². The number of fused-ring (bicyclic) bond motifs is 1. The number of nitrogens with zero attached hydrogens (tertiary/aromatic N) is 2. The van der Waals surface area contributed by atoms with Crippen molar-refractivity contribution in [2.45, 2.75) is 26.3 Å². The lowest BCUT2D eigenvalue weighted by Crippen LogP contribution is -2.23. The first-order valence-electron chi connectivity index (χ1n) is 7.97. The van der Waals surface area contributed by atoms with E-state index >= 15 is 0 Å². The Morgan fingerprint density at radius 3 is 3.04 bits per heavy atom. The number of ether oxygens (including phenoxy) is 1. The number of carbonyl (C=O) groups excluding carboxylic acids is 1. The van der Waals surface area contributed by atoms with Crippen LogP contribution in [0.4, 0.5) is 5.82 Å². The third-order valence-corrected chi connectivity index (χ3v) is 4.31. The Bertz CT molecular complexity index is 787. The SMILES string of the molecule is Cc1cnn(CC2CC2)c1NC(=O)C1=Cc2ccccc2OC1. The molecule has 1 fully saturated rings. The average molecular weight is 309 g/mol. The zero-order valence-electron chi connectivity index (χ0n) is 13.1. The standard InChI is InChI=1S/C18H19N3O2/c1-12-9-19-21(10-13-6-7-13)17(12)20-18(22)15-8-14-4-2-3-5-16(14)23-11-15/h2-5,8-9,13H,6-7,10-11H2,1H3,(H,20,22). The highest BCUT2D eigenvalue weighted by molar-refractivity contribution is 6.07. The van der Waals surface area contributed by atoms with Gasteiger partial charge >= 0.3 is 0 Å². The lowest BCUT2D eigenvalue weighted by molar-refractivity contribution is -0.113. The number of aromatic nitrogens is 2. The second-order valence-corrected chi connectivity index (χ2v) is 6.25. The van der Waals surface area contributed by atoms with Gasteiger partial charge in [-0.1, -0.05) is 18.2 Å². The zero-order chi connectivity index (χ0) is 15.8. The van der Waals surface area contributed by atoms with E-state index in [1.807, 2.05) is 41.9 Å². The molecule has 2 aliphatic rings. The fourth-order valence-electron chi connectivity index (χ4n) is 2.76.